The Morgan fingerprint density at radius 3 is 2.33 bits per heavy atom. The molecule has 0 bridgehead atoms. The molecule has 0 aliphatic heterocycles. The van der Waals surface area contributed by atoms with E-state index in [1.54, 1.807) is 0 Å². The van der Waals surface area contributed by atoms with Gasteiger partial charge in [-0.15, -0.1) is 0 Å². The van der Waals surface area contributed by atoms with Crippen LogP contribution in [0.1, 0.15) is 19.2 Å². The zero-order chi connectivity index (χ0) is 15.5. The van der Waals surface area contributed by atoms with Gasteiger partial charge in [-0.2, -0.15) is 13.2 Å². The van der Waals surface area contributed by atoms with Crippen molar-refractivity contribution in [3.05, 3.63) is 42.0 Å². The van der Waals surface area contributed by atoms with Gasteiger partial charge in [-0.1, -0.05) is 6.92 Å². The van der Waals surface area contributed by atoms with Gasteiger partial charge in [0.2, 0.25) is 5.82 Å². The molecular weight excluding hydrogens is 286 g/mol. The lowest BCUT2D eigenvalue weighted by Crippen LogP contribution is -2.14. The van der Waals surface area contributed by atoms with Crippen LogP contribution < -0.4 is 5.32 Å². The van der Waals surface area contributed by atoms with Crippen molar-refractivity contribution in [2.45, 2.75) is 19.5 Å². The summed E-state index contributed by atoms with van der Waals surface area (Å²) in [7, 11) is 0. The fourth-order valence-corrected chi connectivity index (χ4v) is 1.69. The van der Waals surface area contributed by atoms with Gasteiger partial charge < -0.3 is 5.32 Å². The van der Waals surface area contributed by atoms with Crippen molar-refractivity contribution in [2.75, 3.05) is 11.9 Å². The maximum absolute atomic E-state index is 12.9. The summed E-state index contributed by atoms with van der Waals surface area (Å²) in [5.41, 5.74) is 0.486. The molecule has 0 fully saturated rings. The van der Waals surface area contributed by atoms with E-state index in [1.165, 1.54) is 30.3 Å². The highest BCUT2D eigenvalue weighted by Gasteiger charge is 2.35. The quantitative estimate of drug-likeness (QED) is 0.863. The van der Waals surface area contributed by atoms with Crippen molar-refractivity contribution in [1.29, 1.82) is 0 Å². The third kappa shape index (κ3) is 3.90. The molecule has 1 aromatic heterocycles. The van der Waals surface area contributed by atoms with Crippen LogP contribution in [-0.2, 0) is 6.18 Å². The molecule has 7 heteroatoms. The number of hydrogen-bond donors (Lipinski definition) is 1. The summed E-state index contributed by atoms with van der Waals surface area (Å²) in [5, 5.41) is 2.80. The summed E-state index contributed by atoms with van der Waals surface area (Å²) in [6.45, 7) is 2.39. The SMILES string of the molecule is CCCNc1cc(-c2ccc(F)cc2)nc(C(F)(F)F)n1. The van der Waals surface area contributed by atoms with Gasteiger partial charge in [0, 0.05) is 18.2 Å². The molecule has 0 saturated carbocycles. The summed E-state index contributed by atoms with van der Waals surface area (Å²) < 4.78 is 51.4. The van der Waals surface area contributed by atoms with Crippen LogP contribution in [0.15, 0.2) is 30.3 Å². The third-order valence-electron chi connectivity index (χ3n) is 2.68. The molecule has 0 saturated heterocycles. The van der Waals surface area contributed by atoms with E-state index in [-0.39, 0.29) is 11.5 Å². The highest BCUT2D eigenvalue weighted by molar-refractivity contribution is 5.62. The van der Waals surface area contributed by atoms with E-state index in [2.05, 4.69) is 15.3 Å². The van der Waals surface area contributed by atoms with E-state index in [4.69, 9.17) is 0 Å². The molecule has 0 unspecified atom stereocenters. The van der Waals surface area contributed by atoms with Gasteiger partial charge in [0.15, 0.2) is 0 Å². The Kier molecular flexibility index (Phi) is 4.40. The fraction of sp³-hybridized carbons (Fsp3) is 0.286. The lowest BCUT2D eigenvalue weighted by molar-refractivity contribution is -0.144. The Hall–Kier alpha value is -2.18. The van der Waals surface area contributed by atoms with Crippen LogP contribution in [0.25, 0.3) is 11.3 Å². The predicted octanol–water partition coefficient (Wildman–Crippen LogP) is 4.12. The standard InChI is InChI=1S/C14H13F4N3/c1-2-7-19-12-8-11(9-3-5-10(15)6-4-9)20-13(21-12)14(16,17)18/h3-6,8H,2,7H2,1H3,(H,19,20,21). The molecule has 0 spiro atoms. The molecule has 21 heavy (non-hydrogen) atoms. The normalized spacial score (nSPS) is 11.5. The van der Waals surface area contributed by atoms with Gasteiger partial charge in [-0.05, 0) is 30.7 Å². The number of nitrogens with zero attached hydrogens (tertiary/aromatic N) is 2. The van der Waals surface area contributed by atoms with Crippen molar-refractivity contribution in [3.63, 3.8) is 0 Å². The molecule has 1 aromatic carbocycles. The lowest BCUT2D eigenvalue weighted by atomic mass is 10.1. The Morgan fingerprint density at radius 2 is 1.76 bits per heavy atom. The first-order valence-electron chi connectivity index (χ1n) is 6.36. The molecule has 0 radical (unpaired) electrons. The number of hydrogen-bond acceptors (Lipinski definition) is 3. The zero-order valence-electron chi connectivity index (χ0n) is 11.2. The average molecular weight is 299 g/mol. The predicted molar refractivity (Wildman–Crippen MR) is 71.2 cm³/mol. The number of nitrogens with one attached hydrogen (secondary N) is 1. The van der Waals surface area contributed by atoms with Crippen molar-refractivity contribution in [2.24, 2.45) is 0 Å². The number of halogens is 4. The first-order chi connectivity index (χ1) is 9.90. The molecule has 1 heterocycles. The maximum Gasteiger partial charge on any atom is 0.451 e. The van der Waals surface area contributed by atoms with Gasteiger partial charge in [0.05, 0.1) is 5.69 Å². The molecule has 1 N–H and O–H groups in total. The highest BCUT2D eigenvalue weighted by atomic mass is 19.4. The minimum absolute atomic E-state index is 0.0935. The topological polar surface area (TPSA) is 37.8 Å². The van der Waals surface area contributed by atoms with Crippen molar-refractivity contribution in [1.82, 2.24) is 9.97 Å². The molecule has 2 rings (SSSR count). The Morgan fingerprint density at radius 1 is 1.10 bits per heavy atom. The van der Waals surface area contributed by atoms with Crippen LogP contribution in [0.3, 0.4) is 0 Å². The number of rotatable bonds is 4. The molecule has 112 valence electrons. The van der Waals surface area contributed by atoms with Gasteiger partial charge in [0.1, 0.15) is 11.6 Å². The summed E-state index contributed by atoms with van der Waals surface area (Å²) in [5.74, 6) is -1.59. The van der Waals surface area contributed by atoms with E-state index in [0.29, 0.717) is 12.1 Å². The van der Waals surface area contributed by atoms with E-state index in [0.717, 1.165) is 6.42 Å². The van der Waals surface area contributed by atoms with Crippen molar-refractivity contribution >= 4 is 5.82 Å². The first kappa shape index (κ1) is 15.2. The van der Waals surface area contributed by atoms with Crippen molar-refractivity contribution in [3.8, 4) is 11.3 Å². The second-order valence-corrected chi connectivity index (χ2v) is 4.39. The van der Waals surface area contributed by atoms with Gasteiger partial charge in [-0.25, -0.2) is 14.4 Å². The zero-order valence-corrected chi connectivity index (χ0v) is 11.2. The summed E-state index contributed by atoms with van der Waals surface area (Å²) in [6.07, 6.45) is -3.89. The van der Waals surface area contributed by atoms with E-state index >= 15 is 0 Å². The molecule has 0 amide bonds. The first-order valence-corrected chi connectivity index (χ1v) is 6.36. The number of anilines is 1. The Bertz CT molecular complexity index is 609. The third-order valence-corrected chi connectivity index (χ3v) is 2.68. The van der Waals surface area contributed by atoms with Gasteiger partial charge >= 0.3 is 6.18 Å². The Balaban J connectivity index is 2.46. The molecular formula is C14H13F4N3. The van der Waals surface area contributed by atoms with Crippen LogP contribution in [0.4, 0.5) is 23.4 Å². The number of aromatic nitrogens is 2. The minimum Gasteiger partial charge on any atom is -0.370 e. The second kappa shape index (κ2) is 6.07. The fourth-order valence-electron chi connectivity index (χ4n) is 1.69. The van der Waals surface area contributed by atoms with E-state index in [1.807, 2.05) is 6.92 Å². The van der Waals surface area contributed by atoms with Crippen LogP contribution >= 0.6 is 0 Å². The maximum atomic E-state index is 12.9. The largest absolute Gasteiger partial charge is 0.451 e. The number of benzene rings is 1. The Labute approximate surface area is 119 Å². The smallest absolute Gasteiger partial charge is 0.370 e. The van der Waals surface area contributed by atoms with Gasteiger partial charge in [-0.3, -0.25) is 0 Å². The summed E-state index contributed by atoms with van der Waals surface area (Å²) in [6, 6.07) is 6.51. The number of alkyl halides is 3. The highest BCUT2D eigenvalue weighted by Crippen LogP contribution is 2.29. The second-order valence-electron chi connectivity index (χ2n) is 4.39. The monoisotopic (exact) mass is 299 g/mol. The summed E-state index contributed by atoms with van der Waals surface area (Å²) >= 11 is 0. The minimum atomic E-state index is -4.64. The summed E-state index contributed by atoms with van der Waals surface area (Å²) in [4.78, 5) is 6.98. The molecule has 0 aliphatic rings. The van der Waals surface area contributed by atoms with Crippen LogP contribution in [0.5, 0.6) is 0 Å². The van der Waals surface area contributed by atoms with Crippen LogP contribution in [0, 0.1) is 5.82 Å². The average Bonchev–Trinajstić information content (AvgIpc) is 2.44. The van der Waals surface area contributed by atoms with Crippen LogP contribution in [-0.4, -0.2) is 16.5 Å². The molecule has 0 atom stereocenters. The lowest BCUT2D eigenvalue weighted by Gasteiger charge is -2.11. The van der Waals surface area contributed by atoms with Crippen molar-refractivity contribution < 1.29 is 17.6 Å². The molecule has 0 aliphatic carbocycles. The molecule has 2 aromatic rings. The van der Waals surface area contributed by atoms with Crippen LogP contribution in [0.2, 0.25) is 0 Å². The van der Waals surface area contributed by atoms with Gasteiger partial charge in [0.25, 0.3) is 0 Å². The van der Waals surface area contributed by atoms with E-state index < -0.39 is 17.8 Å². The molecule has 3 nitrogen and oxygen atoms in total. The van der Waals surface area contributed by atoms with E-state index in [9.17, 15) is 17.6 Å².